The molecule has 1 heterocycles. The summed E-state index contributed by atoms with van der Waals surface area (Å²) in [5.41, 5.74) is 8.85. The van der Waals surface area contributed by atoms with E-state index in [1.165, 1.54) is 45.6 Å². The summed E-state index contributed by atoms with van der Waals surface area (Å²) in [4.78, 5) is 13.0. The number of esters is 1. The number of methoxy groups -OCH3 is 3. The molecule has 1 atom stereocenters. The molecule has 4 aromatic carbocycles. The van der Waals surface area contributed by atoms with Crippen molar-refractivity contribution in [3.63, 3.8) is 0 Å². The number of nitrogens with zero attached hydrogens (tertiary/aromatic N) is 1. The Bertz CT molecular complexity index is 1700. The van der Waals surface area contributed by atoms with Crippen LogP contribution in [0.15, 0.2) is 90.3 Å². The number of allylic oxidation sites excluding steroid dienone is 1. The smallest absolute Gasteiger partial charge is 0.343 e. The fraction of sp³-hybridized carbons (Fsp3) is 0.152. The summed E-state index contributed by atoms with van der Waals surface area (Å²) in [5.74, 6) is 0.548. The van der Waals surface area contributed by atoms with Crippen LogP contribution in [-0.4, -0.2) is 27.3 Å². The first-order chi connectivity index (χ1) is 20.8. The van der Waals surface area contributed by atoms with E-state index in [9.17, 15) is 14.4 Å². The number of benzene rings is 4. The second-order valence-corrected chi connectivity index (χ2v) is 9.41. The van der Waals surface area contributed by atoms with Crippen molar-refractivity contribution in [1.82, 2.24) is 0 Å². The first kappa shape index (κ1) is 28.8. The van der Waals surface area contributed by atoms with Gasteiger partial charge in [0.1, 0.15) is 41.3 Å². The van der Waals surface area contributed by atoms with E-state index in [2.05, 4.69) is 6.07 Å². The van der Waals surface area contributed by atoms with E-state index in [0.29, 0.717) is 34.3 Å². The van der Waals surface area contributed by atoms with Gasteiger partial charge in [0.2, 0.25) is 11.6 Å². The van der Waals surface area contributed by atoms with E-state index >= 15 is 0 Å². The van der Waals surface area contributed by atoms with E-state index in [0.717, 1.165) is 11.1 Å². The van der Waals surface area contributed by atoms with Crippen molar-refractivity contribution in [3.05, 3.63) is 118 Å². The lowest BCUT2D eigenvalue weighted by molar-refractivity contribution is 0.0733. The van der Waals surface area contributed by atoms with Crippen molar-refractivity contribution < 1.29 is 37.6 Å². The summed E-state index contributed by atoms with van der Waals surface area (Å²) < 4.78 is 46.4. The molecule has 9 nitrogen and oxygen atoms in total. The molecule has 0 saturated heterocycles. The molecule has 43 heavy (non-hydrogen) atoms. The zero-order valence-corrected chi connectivity index (χ0v) is 23.6. The number of rotatable bonds is 9. The Morgan fingerprint density at radius 2 is 1.56 bits per heavy atom. The summed E-state index contributed by atoms with van der Waals surface area (Å²) >= 11 is 0. The number of nitrogens with two attached hydrogens (primary N) is 1. The second kappa shape index (κ2) is 12.4. The van der Waals surface area contributed by atoms with Crippen LogP contribution in [0.2, 0.25) is 0 Å². The molecule has 1 aliphatic heterocycles. The van der Waals surface area contributed by atoms with Gasteiger partial charge in [-0.15, -0.1) is 0 Å². The van der Waals surface area contributed by atoms with Crippen LogP contribution in [0.4, 0.5) is 4.39 Å². The summed E-state index contributed by atoms with van der Waals surface area (Å²) in [6, 6.07) is 23.3. The Balaban J connectivity index is 1.38. The molecule has 0 fully saturated rings. The van der Waals surface area contributed by atoms with Crippen molar-refractivity contribution >= 4 is 5.97 Å². The Hall–Kier alpha value is -5.69. The van der Waals surface area contributed by atoms with Gasteiger partial charge in [-0.3, -0.25) is 0 Å². The van der Waals surface area contributed by atoms with Gasteiger partial charge in [0.15, 0.2) is 11.5 Å². The third kappa shape index (κ3) is 6.01. The van der Waals surface area contributed by atoms with Crippen molar-refractivity contribution in [1.29, 1.82) is 5.26 Å². The zero-order chi connectivity index (χ0) is 30.5. The summed E-state index contributed by atoms with van der Waals surface area (Å²) in [7, 11) is 4.37. The number of fused-ring (bicyclic) bond motifs is 1. The van der Waals surface area contributed by atoms with Crippen molar-refractivity contribution in [2.24, 2.45) is 5.73 Å². The van der Waals surface area contributed by atoms with Crippen LogP contribution < -0.4 is 34.2 Å². The summed E-state index contributed by atoms with van der Waals surface area (Å²) in [6.45, 7) is 0.271. The molecule has 0 aromatic heterocycles. The first-order valence-electron chi connectivity index (χ1n) is 13.1. The van der Waals surface area contributed by atoms with Crippen molar-refractivity contribution in [2.45, 2.75) is 12.5 Å². The predicted octanol–water partition coefficient (Wildman–Crippen LogP) is 5.87. The molecule has 0 bridgehead atoms. The Kier molecular flexibility index (Phi) is 8.34. The molecule has 0 aliphatic carbocycles. The van der Waals surface area contributed by atoms with E-state index in [1.54, 1.807) is 42.5 Å². The lowest BCUT2D eigenvalue weighted by atomic mass is 9.83. The molecule has 2 N–H and O–H groups in total. The number of ether oxygens (including phenoxy) is 6. The van der Waals surface area contributed by atoms with Gasteiger partial charge < -0.3 is 34.2 Å². The van der Waals surface area contributed by atoms with Gasteiger partial charge in [-0.1, -0.05) is 30.3 Å². The SMILES string of the molecule is COc1cc(C(=O)Oc2ccc3c(c2)OC(N)=C(C#N)C3c2ccc(OCc3ccc(F)cc3)cc2)cc(OC)c1OC. The number of nitriles is 1. The third-order valence-corrected chi connectivity index (χ3v) is 6.83. The first-order valence-corrected chi connectivity index (χ1v) is 13.1. The highest BCUT2D eigenvalue weighted by atomic mass is 19.1. The molecule has 4 aromatic rings. The fourth-order valence-electron chi connectivity index (χ4n) is 4.71. The molecule has 0 amide bonds. The predicted molar refractivity (Wildman–Crippen MR) is 154 cm³/mol. The van der Waals surface area contributed by atoms with Gasteiger partial charge in [-0.25, -0.2) is 9.18 Å². The van der Waals surface area contributed by atoms with E-state index < -0.39 is 11.9 Å². The molecule has 1 unspecified atom stereocenters. The summed E-state index contributed by atoms with van der Waals surface area (Å²) in [6.07, 6.45) is 0. The lowest BCUT2D eigenvalue weighted by Crippen LogP contribution is -2.21. The molecule has 0 radical (unpaired) electrons. The second-order valence-electron chi connectivity index (χ2n) is 9.41. The van der Waals surface area contributed by atoms with E-state index in [-0.39, 0.29) is 35.2 Å². The third-order valence-electron chi connectivity index (χ3n) is 6.83. The minimum Gasteiger partial charge on any atom is -0.493 e. The lowest BCUT2D eigenvalue weighted by Gasteiger charge is -2.27. The van der Waals surface area contributed by atoms with Gasteiger partial charge in [0.25, 0.3) is 0 Å². The van der Waals surface area contributed by atoms with Crippen molar-refractivity contribution in [2.75, 3.05) is 21.3 Å². The Labute approximate surface area is 247 Å². The summed E-state index contributed by atoms with van der Waals surface area (Å²) in [5, 5.41) is 9.91. The Morgan fingerprint density at radius 3 is 2.16 bits per heavy atom. The standard InChI is InChI=1S/C33H27FN2O7/c1-38-28-14-21(15-29(39-2)31(28)40-3)33(37)42-24-12-13-25-27(16-24)43-32(36)26(17-35)30(25)20-6-10-23(11-7-20)41-18-19-4-8-22(34)9-5-19/h4-16,30H,18,36H2,1-3H3. The number of halogens is 1. The van der Waals surface area contributed by atoms with Crippen molar-refractivity contribution in [3.8, 4) is 40.6 Å². The topological polar surface area (TPSA) is 122 Å². The minimum atomic E-state index is -0.663. The monoisotopic (exact) mass is 582 g/mol. The average molecular weight is 583 g/mol. The van der Waals surface area contributed by atoms with Gasteiger partial charge in [-0.05, 0) is 53.6 Å². The van der Waals surface area contributed by atoms with Crippen LogP contribution in [0.5, 0.6) is 34.5 Å². The van der Waals surface area contributed by atoms with Crippen LogP contribution in [-0.2, 0) is 6.61 Å². The fourth-order valence-corrected chi connectivity index (χ4v) is 4.71. The minimum absolute atomic E-state index is 0.0512. The highest BCUT2D eigenvalue weighted by Gasteiger charge is 2.31. The maximum absolute atomic E-state index is 13.2. The molecule has 218 valence electrons. The van der Waals surface area contributed by atoms with Gasteiger partial charge in [0.05, 0.1) is 32.8 Å². The van der Waals surface area contributed by atoms with Crippen LogP contribution >= 0.6 is 0 Å². The van der Waals surface area contributed by atoms with Gasteiger partial charge in [0, 0.05) is 11.6 Å². The average Bonchev–Trinajstić information content (AvgIpc) is 3.03. The molecule has 0 spiro atoms. The molecule has 1 aliphatic rings. The molecule has 0 saturated carbocycles. The number of hydrogen-bond acceptors (Lipinski definition) is 9. The zero-order valence-electron chi connectivity index (χ0n) is 23.6. The van der Waals surface area contributed by atoms with Gasteiger partial charge >= 0.3 is 5.97 Å². The Morgan fingerprint density at radius 1 is 0.907 bits per heavy atom. The maximum atomic E-state index is 13.2. The van der Waals surface area contributed by atoms with Gasteiger partial charge in [-0.2, -0.15) is 5.26 Å². The molecule has 5 rings (SSSR count). The quantitative estimate of drug-likeness (QED) is 0.191. The normalized spacial score (nSPS) is 13.7. The van der Waals surface area contributed by atoms with E-state index in [4.69, 9.17) is 34.2 Å². The van der Waals surface area contributed by atoms with Crippen LogP contribution in [0.25, 0.3) is 0 Å². The molecular weight excluding hydrogens is 555 g/mol. The van der Waals surface area contributed by atoms with E-state index in [1.807, 2.05) is 12.1 Å². The molecule has 10 heteroatoms. The van der Waals surface area contributed by atoms with Crippen LogP contribution in [0.1, 0.15) is 33.0 Å². The number of carbonyl (C=O) groups is 1. The largest absolute Gasteiger partial charge is 0.493 e. The number of carbonyl (C=O) groups excluding carboxylic acids is 1. The highest BCUT2D eigenvalue weighted by Crippen LogP contribution is 2.44. The van der Waals surface area contributed by atoms with Crippen LogP contribution in [0, 0.1) is 17.1 Å². The molecular formula is C33H27FN2O7. The highest BCUT2D eigenvalue weighted by molar-refractivity contribution is 5.92. The van der Waals surface area contributed by atoms with Crippen LogP contribution in [0.3, 0.4) is 0 Å². The number of hydrogen-bond donors (Lipinski definition) is 1. The maximum Gasteiger partial charge on any atom is 0.343 e.